The van der Waals surface area contributed by atoms with Crippen LogP contribution >= 0.6 is 0 Å². The predicted octanol–water partition coefficient (Wildman–Crippen LogP) is 1.67. The van der Waals surface area contributed by atoms with E-state index < -0.39 is 11.7 Å². The summed E-state index contributed by atoms with van der Waals surface area (Å²) in [5.74, 6) is 0.887. The van der Waals surface area contributed by atoms with Gasteiger partial charge in [0, 0.05) is 19.5 Å². The Balaban J connectivity index is 1.35. The van der Waals surface area contributed by atoms with Gasteiger partial charge in [-0.2, -0.15) is 0 Å². The maximum Gasteiger partial charge on any atom is 0.263 e. The van der Waals surface area contributed by atoms with Crippen molar-refractivity contribution in [3.05, 3.63) is 41.7 Å². The number of carbonyl (C=O) groups is 1. The molecular weight excluding hydrogens is 332 g/mol. The summed E-state index contributed by atoms with van der Waals surface area (Å²) in [7, 11) is 0. The van der Waals surface area contributed by atoms with Crippen molar-refractivity contribution in [2.45, 2.75) is 50.9 Å². The number of aliphatic hydroxyl groups is 1. The van der Waals surface area contributed by atoms with E-state index >= 15 is 0 Å². The number of benzene rings is 1. The van der Waals surface area contributed by atoms with E-state index in [0.29, 0.717) is 25.2 Å². The fourth-order valence-corrected chi connectivity index (χ4v) is 3.61. The molecule has 0 saturated carbocycles. The Bertz CT molecular complexity index is 778. The molecule has 4 rings (SSSR count). The third kappa shape index (κ3) is 3.19. The quantitative estimate of drug-likeness (QED) is 0.905. The van der Waals surface area contributed by atoms with Gasteiger partial charge in [0.1, 0.15) is 17.0 Å². The van der Waals surface area contributed by atoms with Gasteiger partial charge in [-0.1, -0.05) is 23.4 Å². The van der Waals surface area contributed by atoms with Crippen molar-refractivity contribution >= 4 is 5.91 Å². The summed E-state index contributed by atoms with van der Waals surface area (Å²) in [5.41, 5.74) is 0.666. The largest absolute Gasteiger partial charge is 0.480 e. The summed E-state index contributed by atoms with van der Waals surface area (Å²) in [5, 5.41) is 18.3. The maximum absolute atomic E-state index is 12.8. The van der Waals surface area contributed by atoms with Gasteiger partial charge >= 0.3 is 0 Å². The molecule has 2 aliphatic rings. The standard InChI is InChI=1S/C19H24N4O3/c1-19(2,25)17-12-23(21-20-17)14-7-9-22(10-8-14)18(24)16-11-13-5-3-4-6-15(13)26-16/h3-6,12,14,16,25H,7-11H2,1-2H3/t16-/m0/s1. The summed E-state index contributed by atoms with van der Waals surface area (Å²) >= 11 is 0. The second kappa shape index (κ2) is 6.39. The Morgan fingerprint density at radius 1 is 1.27 bits per heavy atom. The fourth-order valence-electron chi connectivity index (χ4n) is 3.61. The van der Waals surface area contributed by atoms with Gasteiger partial charge in [0.15, 0.2) is 6.10 Å². The zero-order valence-corrected chi connectivity index (χ0v) is 15.1. The second-order valence-electron chi connectivity index (χ2n) is 7.62. The van der Waals surface area contributed by atoms with Gasteiger partial charge in [0.25, 0.3) is 5.91 Å². The van der Waals surface area contributed by atoms with E-state index in [1.165, 1.54) is 0 Å². The third-order valence-electron chi connectivity index (χ3n) is 5.21. The van der Waals surface area contributed by atoms with Crippen molar-refractivity contribution in [1.29, 1.82) is 0 Å². The van der Waals surface area contributed by atoms with Gasteiger partial charge in [-0.05, 0) is 38.3 Å². The first-order valence-electron chi connectivity index (χ1n) is 9.10. The van der Waals surface area contributed by atoms with Crippen LogP contribution in [-0.2, 0) is 16.8 Å². The molecule has 2 aromatic rings. The summed E-state index contributed by atoms with van der Waals surface area (Å²) < 4.78 is 7.64. The average molecular weight is 356 g/mol. The van der Waals surface area contributed by atoms with Crippen molar-refractivity contribution in [3.63, 3.8) is 0 Å². The van der Waals surface area contributed by atoms with Gasteiger partial charge in [0.05, 0.1) is 12.2 Å². The average Bonchev–Trinajstić information content (AvgIpc) is 3.28. The number of likely N-dealkylation sites (tertiary alicyclic amines) is 1. The maximum atomic E-state index is 12.8. The van der Waals surface area contributed by atoms with E-state index in [2.05, 4.69) is 10.3 Å². The number of aromatic nitrogens is 3. The molecule has 1 amide bonds. The molecule has 1 fully saturated rings. The van der Waals surface area contributed by atoms with Crippen LogP contribution < -0.4 is 4.74 Å². The number of hydrogen-bond donors (Lipinski definition) is 1. The van der Waals surface area contributed by atoms with Crippen molar-refractivity contribution in [2.75, 3.05) is 13.1 Å². The molecule has 26 heavy (non-hydrogen) atoms. The zero-order chi connectivity index (χ0) is 18.3. The van der Waals surface area contributed by atoms with Gasteiger partial charge in [-0.15, -0.1) is 5.10 Å². The van der Waals surface area contributed by atoms with Gasteiger partial charge in [-0.25, -0.2) is 4.68 Å². The second-order valence-corrected chi connectivity index (χ2v) is 7.62. The molecule has 3 heterocycles. The van der Waals surface area contributed by atoms with Gasteiger partial charge in [0.2, 0.25) is 0 Å². The Morgan fingerprint density at radius 2 is 2.00 bits per heavy atom. The number of carbonyl (C=O) groups excluding carboxylic acids is 1. The summed E-state index contributed by atoms with van der Waals surface area (Å²) in [4.78, 5) is 14.7. The first-order valence-corrected chi connectivity index (χ1v) is 9.10. The van der Waals surface area contributed by atoms with Crippen LogP contribution in [0.15, 0.2) is 30.5 Å². The predicted molar refractivity (Wildman–Crippen MR) is 94.7 cm³/mol. The number of para-hydroxylation sites is 1. The van der Waals surface area contributed by atoms with Crippen molar-refractivity contribution < 1.29 is 14.6 Å². The molecule has 0 aliphatic carbocycles. The van der Waals surface area contributed by atoms with Crippen LogP contribution in [0.5, 0.6) is 5.75 Å². The van der Waals surface area contributed by atoms with Crippen LogP contribution in [0.2, 0.25) is 0 Å². The molecule has 0 radical (unpaired) electrons. The van der Waals surface area contributed by atoms with Crippen LogP contribution in [-0.4, -0.2) is 50.1 Å². The number of amides is 1. The van der Waals surface area contributed by atoms with Crippen LogP contribution in [0.1, 0.15) is 44.0 Å². The van der Waals surface area contributed by atoms with Crippen molar-refractivity contribution in [3.8, 4) is 5.75 Å². The highest BCUT2D eigenvalue weighted by atomic mass is 16.5. The van der Waals surface area contributed by atoms with Crippen molar-refractivity contribution in [1.82, 2.24) is 19.9 Å². The first-order chi connectivity index (χ1) is 12.4. The van der Waals surface area contributed by atoms with Crippen LogP contribution in [0.4, 0.5) is 0 Å². The summed E-state index contributed by atoms with van der Waals surface area (Å²) in [6.45, 7) is 4.75. The van der Waals surface area contributed by atoms with E-state index in [1.807, 2.05) is 33.8 Å². The first kappa shape index (κ1) is 17.0. The number of ether oxygens (including phenoxy) is 1. The molecule has 1 aromatic heterocycles. The molecule has 138 valence electrons. The number of piperidine rings is 1. The number of hydrogen-bond acceptors (Lipinski definition) is 5. The lowest BCUT2D eigenvalue weighted by atomic mass is 10.0. The van der Waals surface area contributed by atoms with E-state index in [-0.39, 0.29) is 11.9 Å². The molecule has 1 atom stereocenters. The van der Waals surface area contributed by atoms with E-state index in [4.69, 9.17) is 4.74 Å². The van der Waals surface area contributed by atoms with E-state index in [9.17, 15) is 9.90 Å². The third-order valence-corrected chi connectivity index (χ3v) is 5.21. The minimum atomic E-state index is -0.996. The van der Waals surface area contributed by atoms with Crippen LogP contribution in [0, 0.1) is 0 Å². The van der Waals surface area contributed by atoms with Crippen LogP contribution in [0.25, 0.3) is 0 Å². The number of rotatable bonds is 3. The minimum Gasteiger partial charge on any atom is -0.480 e. The Hall–Kier alpha value is -2.41. The van der Waals surface area contributed by atoms with Gasteiger partial charge < -0.3 is 14.7 Å². The van der Waals surface area contributed by atoms with Crippen molar-refractivity contribution in [2.24, 2.45) is 0 Å². The molecule has 0 unspecified atom stereocenters. The Morgan fingerprint density at radius 3 is 2.65 bits per heavy atom. The topological polar surface area (TPSA) is 80.5 Å². The molecule has 1 aromatic carbocycles. The molecular formula is C19H24N4O3. The minimum absolute atomic E-state index is 0.0652. The molecule has 2 aliphatic heterocycles. The summed E-state index contributed by atoms with van der Waals surface area (Å²) in [6.07, 6.45) is 3.68. The molecule has 7 nitrogen and oxygen atoms in total. The highest BCUT2D eigenvalue weighted by Gasteiger charge is 2.34. The fraction of sp³-hybridized carbons (Fsp3) is 0.526. The van der Waals surface area contributed by atoms with E-state index in [1.54, 1.807) is 20.0 Å². The molecule has 0 bridgehead atoms. The van der Waals surface area contributed by atoms with E-state index in [0.717, 1.165) is 24.2 Å². The molecule has 7 heteroatoms. The summed E-state index contributed by atoms with van der Waals surface area (Å²) in [6, 6.07) is 8.03. The smallest absolute Gasteiger partial charge is 0.263 e. The molecule has 1 N–H and O–H groups in total. The van der Waals surface area contributed by atoms with Crippen LogP contribution in [0.3, 0.4) is 0 Å². The molecule has 0 spiro atoms. The lowest BCUT2D eigenvalue weighted by Gasteiger charge is -2.33. The number of nitrogens with zero attached hydrogens (tertiary/aromatic N) is 4. The lowest BCUT2D eigenvalue weighted by molar-refractivity contribution is -0.139. The normalized spacial score (nSPS) is 20.7. The Labute approximate surface area is 152 Å². The highest BCUT2D eigenvalue weighted by molar-refractivity contribution is 5.82. The molecule has 1 saturated heterocycles. The van der Waals surface area contributed by atoms with Gasteiger partial charge in [-0.3, -0.25) is 4.79 Å². The highest BCUT2D eigenvalue weighted by Crippen LogP contribution is 2.30. The monoisotopic (exact) mass is 356 g/mol. The Kier molecular flexibility index (Phi) is 4.19. The zero-order valence-electron chi connectivity index (χ0n) is 15.1. The SMILES string of the molecule is CC(C)(O)c1cn(C2CCN(C(=O)[C@@H]3Cc4ccccc4O3)CC2)nn1. The number of fused-ring (bicyclic) bond motifs is 1. The lowest BCUT2D eigenvalue weighted by Crippen LogP contribution is -2.45.